The average Bonchev–Trinajstić information content (AvgIpc) is 2.51. The van der Waals surface area contributed by atoms with Crippen LogP contribution in [0.4, 0.5) is 5.69 Å². The van der Waals surface area contributed by atoms with E-state index in [2.05, 4.69) is 5.32 Å². The fourth-order valence-corrected chi connectivity index (χ4v) is 3.10. The van der Waals surface area contributed by atoms with Crippen molar-refractivity contribution in [2.24, 2.45) is 0 Å². The highest BCUT2D eigenvalue weighted by atomic mass is 35.5. The summed E-state index contributed by atoms with van der Waals surface area (Å²) in [5.74, 6) is -0.297. The van der Waals surface area contributed by atoms with Crippen LogP contribution in [-0.2, 0) is 0 Å². The number of fused-ring (bicyclic) bond motifs is 1. The van der Waals surface area contributed by atoms with Crippen molar-refractivity contribution in [2.45, 2.75) is 6.92 Å². The molecule has 0 bridgehead atoms. The second-order valence-electron chi connectivity index (χ2n) is 4.90. The Morgan fingerprint density at radius 3 is 2.68 bits per heavy atom. The van der Waals surface area contributed by atoms with E-state index in [1.807, 2.05) is 25.1 Å². The van der Waals surface area contributed by atoms with Gasteiger partial charge in [-0.25, -0.2) is 0 Å². The van der Waals surface area contributed by atoms with Crippen LogP contribution in [0.25, 0.3) is 10.8 Å². The molecule has 22 heavy (non-hydrogen) atoms. The topological polar surface area (TPSA) is 46.2 Å². The fourth-order valence-electron chi connectivity index (χ4n) is 2.16. The first kappa shape index (κ1) is 14.8. The van der Waals surface area contributed by atoms with Crippen LogP contribution in [0.15, 0.2) is 53.3 Å². The number of benzene rings is 2. The largest absolute Gasteiger partial charge is 0.321 e. The van der Waals surface area contributed by atoms with Gasteiger partial charge in [-0.15, -0.1) is 0 Å². The number of aryl methyl sites for hydroxylation is 1. The quantitative estimate of drug-likeness (QED) is 0.753. The molecular weight excluding hydrogens is 318 g/mol. The van der Waals surface area contributed by atoms with Gasteiger partial charge in [-0.1, -0.05) is 41.1 Å². The molecule has 2 aromatic carbocycles. The highest BCUT2D eigenvalue weighted by molar-refractivity contribution is 7.12. The number of carbonyl (C=O) groups excluding carboxylic acids is 1. The Labute approximate surface area is 136 Å². The minimum atomic E-state index is -0.297. The number of halogens is 1. The monoisotopic (exact) mass is 329 g/mol. The van der Waals surface area contributed by atoms with Gasteiger partial charge < -0.3 is 5.32 Å². The molecule has 1 aromatic heterocycles. The summed E-state index contributed by atoms with van der Waals surface area (Å²) in [6, 6.07) is 14.2. The molecule has 0 saturated heterocycles. The lowest BCUT2D eigenvalue weighted by Gasteiger charge is -2.07. The zero-order valence-electron chi connectivity index (χ0n) is 11.7. The third-order valence-corrected chi connectivity index (χ3v) is 4.66. The molecule has 0 fully saturated rings. The van der Waals surface area contributed by atoms with E-state index in [9.17, 15) is 9.59 Å². The molecule has 1 amide bonds. The minimum Gasteiger partial charge on any atom is -0.321 e. The average molecular weight is 330 g/mol. The molecule has 110 valence electrons. The van der Waals surface area contributed by atoms with Crippen molar-refractivity contribution in [1.82, 2.24) is 0 Å². The molecule has 3 rings (SSSR count). The van der Waals surface area contributed by atoms with E-state index in [4.69, 9.17) is 11.6 Å². The first-order chi connectivity index (χ1) is 10.5. The maximum Gasteiger partial charge on any atom is 0.265 e. The van der Waals surface area contributed by atoms with Gasteiger partial charge >= 0.3 is 0 Å². The third kappa shape index (κ3) is 2.89. The second-order valence-corrected chi connectivity index (χ2v) is 6.33. The molecule has 1 N–H and O–H groups in total. The normalized spacial score (nSPS) is 10.6. The lowest BCUT2D eigenvalue weighted by Crippen LogP contribution is -2.12. The van der Waals surface area contributed by atoms with E-state index in [1.165, 1.54) is 0 Å². The molecule has 1 heterocycles. The van der Waals surface area contributed by atoms with E-state index in [0.717, 1.165) is 22.3 Å². The number of carbonyl (C=O) groups is 1. The fraction of sp³-hybridized carbons (Fsp3) is 0.0588. The van der Waals surface area contributed by atoms with Gasteiger partial charge in [0.2, 0.25) is 4.74 Å². The SMILES string of the molecule is Cc1cc(NC(=O)c2cc3ccccc3c(=O)s2)ccc1Cl. The maximum absolute atomic E-state index is 12.3. The van der Waals surface area contributed by atoms with Crippen LogP contribution >= 0.6 is 22.9 Å². The number of nitrogens with one attached hydrogen (secondary N) is 1. The van der Waals surface area contributed by atoms with Crippen molar-refractivity contribution in [3.8, 4) is 0 Å². The highest BCUT2D eigenvalue weighted by Gasteiger charge is 2.11. The van der Waals surface area contributed by atoms with Gasteiger partial charge in [-0.2, -0.15) is 0 Å². The van der Waals surface area contributed by atoms with Crippen molar-refractivity contribution in [2.75, 3.05) is 5.32 Å². The molecule has 0 saturated carbocycles. The van der Waals surface area contributed by atoms with Crippen molar-refractivity contribution < 1.29 is 4.79 Å². The van der Waals surface area contributed by atoms with Gasteiger partial charge in [0, 0.05) is 16.1 Å². The van der Waals surface area contributed by atoms with E-state index >= 15 is 0 Å². The van der Waals surface area contributed by atoms with Crippen LogP contribution in [0, 0.1) is 6.92 Å². The predicted octanol–water partition coefficient (Wildman–Crippen LogP) is 4.48. The molecular formula is C17H12ClNO2S. The van der Waals surface area contributed by atoms with Crippen molar-refractivity contribution >= 4 is 45.3 Å². The van der Waals surface area contributed by atoms with E-state index < -0.39 is 0 Å². The predicted molar refractivity (Wildman–Crippen MR) is 92.2 cm³/mol. The lowest BCUT2D eigenvalue weighted by atomic mass is 10.2. The molecule has 5 heteroatoms. The molecule has 0 unspecified atom stereocenters. The Balaban J connectivity index is 1.95. The summed E-state index contributed by atoms with van der Waals surface area (Å²) >= 11 is 6.92. The number of amides is 1. The van der Waals surface area contributed by atoms with Gasteiger partial charge in [0.15, 0.2) is 0 Å². The molecule has 3 aromatic rings. The molecule has 0 aliphatic carbocycles. The number of hydrogen-bond donors (Lipinski definition) is 1. The number of hydrogen-bond acceptors (Lipinski definition) is 3. The van der Waals surface area contributed by atoms with E-state index in [0.29, 0.717) is 21.0 Å². The maximum atomic E-state index is 12.3. The Hall–Kier alpha value is -2.17. The van der Waals surface area contributed by atoms with Crippen LogP contribution in [0.1, 0.15) is 15.2 Å². The van der Waals surface area contributed by atoms with Gasteiger partial charge in [-0.05, 0) is 48.2 Å². The highest BCUT2D eigenvalue weighted by Crippen LogP contribution is 2.21. The van der Waals surface area contributed by atoms with E-state index in [1.54, 1.807) is 30.3 Å². The number of anilines is 1. The van der Waals surface area contributed by atoms with Crippen LogP contribution in [0.3, 0.4) is 0 Å². The van der Waals surface area contributed by atoms with Gasteiger partial charge in [0.1, 0.15) is 0 Å². The molecule has 0 radical (unpaired) electrons. The third-order valence-electron chi connectivity index (χ3n) is 3.31. The summed E-state index contributed by atoms with van der Waals surface area (Å²) in [6.45, 7) is 1.87. The number of rotatable bonds is 2. The van der Waals surface area contributed by atoms with Crippen molar-refractivity contribution in [3.63, 3.8) is 0 Å². The summed E-state index contributed by atoms with van der Waals surface area (Å²) in [5.41, 5.74) is 1.53. The van der Waals surface area contributed by atoms with E-state index in [-0.39, 0.29) is 10.6 Å². The van der Waals surface area contributed by atoms with Crippen LogP contribution in [0.2, 0.25) is 5.02 Å². The summed E-state index contributed by atoms with van der Waals surface area (Å²) < 4.78 is -0.115. The van der Waals surface area contributed by atoms with Crippen molar-refractivity contribution in [3.05, 3.63) is 73.5 Å². The first-order valence-corrected chi connectivity index (χ1v) is 7.84. The molecule has 0 atom stereocenters. The molecule has 3 nitrogen and oxygen atoms in total. The molecule has 0 aliphatic rings. The summed E-state index contributed by atoms with van der Waals surface area (Å²) in [7, 11) is 0. The summed E-state index contributed by atoms with van der Waals surface area (Å²) in [6.07, 6.45) is 0. The second kappa shape index (κ2) is 5.91. The van der Waals surface area contributed by atoms with Gasteiger partial charge in [0.05, 0.1) is 4.88 Å². The van der Waals surface area contributed by atoms with Gasteiger partial charge in [-0.3, -0.25) is 9.59 Å². The van der Waals surface area contributed by atoms with Crippen LogP contribution in [0.5, 0.6) is 0 Å². The zero-order valence-corrected chi connectivity index (χ0v) is 13.3. The summed E-state index contributed by atoms with van der Waals surface area (Å²) in [5, 5.41) is 4.84. The first-order valence-electron chi connectivity index (χ1n) is 6.65. The zero-order chi connectivity index (χ0) is 15.7. The van der Waals surface area contributed by atoms with Gasteiger partial charge in [0.25, 0.3) is 5.91 Å². The Bertz CT molecular complexity index is 933. The summed E-state index contributed by atoms with van der Waals surface area (Å²) in [4.78, 5) is 24.8. The van der Waals surface area contributed by atoms with Crippen molar-refractivity contribution in [1.29, 1.82) is 0 Å². The van der Waals surface area contributed by atoms with Crippen LogP contribution < -0.4 is 10.1 Å². The minimum absolute atomic E-state index is 0.115. The molecule has 0 aliphatic heterocycles. The standard InChI is InChI=1S/C17H12ClNO2S/c1-10-8-12(6-7-14(10)18)19-16(20)15-9-11-4-2-3-5-13(11)17(21)22-15/h2-9H,1H3,(H,19,20). The lowest BCUT2D eigenvalue weighted by molar-refractivity contribution is 0.103. The smallest absolute Gasteiger partial charge is 0.265 e. The Kier molecular flexibility index (Phi) is 3.96. The van der Waals surface area contributed by atoms with Crippen LogP contribution in [-0.4, -0.2) is 5.91 Å². The Morgan fingerprint density at radius 1 is 1.14 bits per heavy atom. The molecule has 0 spiro atoms. The Morgan fingerprint density at radius 2 is 1.91 bits per heavy atom.